The van der Waals surface area contributed by atoms with Gasteiger partial charge in [-0.25, -0.2) is 4.98 Å². The maximum atomic E-state index is 5.98. The van der Waals surface area contributed by atoms with E-state index in [4.69, 9.17) is 4.74 Å². The number of hydrogen-bond donors (Lipinski definition) is 1. The van der Waals surface area contributed by atoms with Crippen molar-refractivity contribution < 1.29 is 4.74 Å². The summed E-state index contributed by atoms with van der Waals surface area (Å²) in [4.78, 5) is 4.19. The second-order valence-corrected chi connectivity index (χ2v) is 5.31. The molecule has 1 aliphatic rings. The summed E-state index contributed by atoms with van der Waals surface area (Å²) in [5.41, 5.74) is 2.36. The summed E-state index contributed by atoms with van der Waals surface area (Å²) in [5.74, 6) is 1.79. The van der Waals surface area contributed by atoms with Gasteiger partial charge in [-0.3, -0.25) is 4.68 Å². The fourth-order valence-corrected chi connectivity index (χ4v) is 2.19. The molecule has 1 N–H and O–H groups in total. The highest BCUT2D eigenvalue weighted by atomic mass is 16.5. The van der Waals surface area contributed by atoms with Gasteiger partial charge in [-0.1, -0.05) is 18.2 Å². The molecule has 0 unspecified atom stereocenters. The van der Waals surface area contributed by atoms with Gasteiger partial charge in [-0.05, 0) is 25.3 Å². The maximum absolute atomic E-state index is 5.98. The Labute approximate surface area is 119 Å². The van der Waals surface area contributed by atoms with Gasteiger partial charge in [0.1, 0.15) is 18.7 Å². The quantitative estimate of drug-likeness (QED) is 0.873. The third kappa shape index (κ3) is 2.99. The number of rotatable bonds is 6. The Morgan fingerprint density at radius 3 is 2.95 bits per heavy atom. The number of para-hydroxylation sites is 1. The minimum Gasteiger partial charge on any atom is -0.485 e. The van der Waals surface area contributed by atoms with Gasteiger partial charge in [0.25, 0.3) is 0 Å². The highest BCUT2D eigenvalue weighted by molar-refractivity contribution is 5.40. The van der Waals surface area contributed by atoms with Crippen molar-refractivity contribution >= 4 is 0 Å². The van der Waals surface area contributed by atoms with E-state index in [1.165, 1.54) is 18.4 Å². The number of nitrogens with zero attached hydrogens (tertiary/aromatic N) is 3. The number of hydrogen-bond acceptors (Lipinski definition) is 4. The Balaban J connectivity index is 1.71. The van der Waals surface area contributed by atoms with Crippen LogP contribution in [0.1, 0.15) is 29.8 Å². The summed E-state index contributed by atoms with van der Waals surface area (Å²) in [6.45, 7) is 3.38. The normalized spacial score (nSPS) is 14.5. The number of ether oxygens (including phenoxy) is 1. The van der Waals surface area contributed by atoms with Gasteiger partial charge >= 0.3 is 0 Å². The molecule has 1 fully saturated rings. The van der Waals surface area contributed by atoms with Crippen LogP contribution in [0.4, 0.5) is 0 Å². The molecule has 0 spiro atoms. The maximum Gasteiger partial charge on any atom is 0.164 e. The summed E-state index contributed by atoms with van der Waals surface area (Å²) < 4.78 is 7.72. The van der Waals surface area contributed by atoms with Crippen molar-refractivity contribution in [3.63, 3.8) is 0 Å². The molecule has 0 aliphatic heterocycles. The monoisotopic (exact) mass is 272 g/mol. The highest BCUT2D eigenvalue weighted by Crippen LogP contribution is 2.26. The first-order valence-electron chi connectivity index (χ1n) is 7.01. The lowest BCUT2D eigenvalue weighted by Gasteiger charge is -2.14. The number of benzene rings is 1. The van der Waals surface area contributed by atoms with E-state index < -0.39 is 0 Å². The molecule has 0 saturated heterocycles. The van der Waals surface area contributed by atoms with Crippen LogP contribution in [0.5, 0.6) is 5.75 Å². The second-order valence-electron chi connectivity index (χ2n) is 5.31. The molecule has 1 saturated carbocycles. The van der Waals surface area contributed by atoms with Crippen LogP contribution in [0.2, 0.25) is 0 Å². The fourth-order valence-electron chi connectivity index (χ4n) is 2.19. The molecule has 1 heterocycles. The second kappa shape index (κ2) is 5.63. The molecule has 0 atom stereocenters. The first-order valence-corrected chi connectivity index (χ1v) is 7.01. The summed E-state index contributed by atoms with van der Waals surface area (Å²) >= 11 is 0. The molecular formula is C15H20N4O. The third-order valence-electron chi connectivity index (χ3n) is 3.60. The summed E-state index contributed by atoms with van der Waals surface area (Å²) in [7, 11) is 1.87. The Morgan fingerprint density at radius 1 is 1.40 bits per heavy atom. The van der Waals surface area contributed by atoms with Crippen LogP contribution in [0.25, 0.3) is 0 Å². The molecule has 20 heavy (non-hydrogen) atoms. The molecule has 0 radical (unpaired) electrons. The van der Waals surface area contributed by atoms with Crippen molar-refractivity contribution in [1.82, 2.24) is 20.1 Å². The van der Waals surface area contributed by atoms with E-state index in [-0.39, 0.29) is 0 Å². The first kappa shape index (κ1) is 13.1. The number of aryl methyl sites for hydroxylation is 2. The van der Waals surface area contributed by atoms with Crippen LogP contribution in [0.15, 0.2) is 24.5 Å². The van der Waals surface area contributed by atoms with E-state index in [2.05, 4.69) is 40.5 Å². The first-order chi connectivity index (χ1) is 9.74. The highest BCUT2D eigenvalue weighted by Gasteiger charge is 2.21. The Hall–Kier alpha value is -1.88. The van der Waals surface area contributed by atoms with Gasteiger partial charge in [0, 0.05) is 25.2 Å². The Bertz CT molecular complexity index is 589. The topological polar surface area (TPSA) is 52.0 Å². The van der Waals surface area contributed by atoms with Crippen LogP contribution >= 0.6 is 0 Å². The van der Waals surface area contributed by atoms with E-state index >= 15 is 0 Å². The fraction of sp³-hybridized carbons (Fsp3) is 0.467. The standard InChI is InChI=1S/C15H20N4O/c1-11-4-3-5-12(8-16-13-6-7-13)15(11)20-9-14-17-10-18-19(14)2/h3-5,10,13,16H,6-9H2,1-2H3. The SMILES string of the molecule is Cc1cccc(CNC2CC2)c1OCc1ncnn1C. The zero-order valence-corrected chi connectivity index (χ0v) is 12.0. The van der Waals surface area contributed by atoms with Gasteiger partial charge in [-0.2, -0.15) is 5.10 Å². The molecule has 1 aromatic carbocycles. The van der Waals surface area contributed by atoms with Crippen LogP contribution in [-0.2, 0) is 20.2 Å². The van der Waals surface area contributed by atoms with E-state index in [0.717, 1.165) is 23.7 Å². The van der Waals surface area contributed by atoms with Crippen molar-refractivity contribution in [2.24, 2.45) is 7.05 Å². The van der Waals surface area contributed by atoms with Gasteiger partial charge in [0.15, 0.2) is 5.82 Å². The lowest BCUT2D eigenvalue weighted by Crippen LogP contribution is -2.16. The Morgan fingerprint density at radius 2 is 2.25 bits per heavy atom. The largest absolute Gasteiger partial charge is 0.485 e. The van der Waals surface area contributed by atoms with Crippen LogP contribution in [0, 0.1) is 6.92 Å². The van der Waals surface area contributed by atoms with Crippen molar-refractivity contribution in [3.8, 4) is 5.75 Å². The molecule has 1 aliphatic carbocycles. The van der Waals surface area contributed by atoms with Gasteiger partial charge < -0.3 is 10.1 Å². The molecule has 0 amide bonds. The summed E-state index contributed by atoms with van der Waals surface area (Å²) in [6, 6.07) is 6.97. The number of aromatic nitrogens is 3. The summed E-state index contributed by atoms with van der Waals surface area (Å²) in [6.07, 6.45) is 4.13. The lowest BCUT2D eigenvalue weighted by molar-refractivity contribution is 0.284. The predicted octanol–water partition coefficient (Wildman–Crippen LogP) is 1.95. The smallest absolute Gasteiger partial charge is 0.164 e. The van der Waals surface area contributed by atoms with Crippen molar-refractivity contribution in [2.45, 2.75) is 39.0 Å². The average Bonchev–Trinajstić information content (AvgIpc) is 3.18. The molecular weight excluding hydrogens is 252 g/mol. The molecule has 5 nitrogen and oxygen atoms in total. The molecule has 106 valence electrons. The van der Waals surface area contributed by atoms with E-state index in [1.54, 1.807) is 11.0 Å². The van der Waals surface area contributed by atoms with Crippen molar-refractivity contribution in [1.29, 1.82) is 0 Å². The van der Waals surface area contributed by atoms with E-state index in [9.17, 15) is 0 Å². The van der Waals surface area contributed by atoms with Crippen molar-refractivity contribution in [3.05, 3.63) is 41.5 Å². The van der Waals surface area contributed by atoms with Gasteiger partial charge in [-0.15, -0.1) is 0 Å². The molecule has 0 bridgehead atoms. The van der Waals surface area contributed by atoms with Crippen LogP contribution < -0.4 is 10.1 Å². The zero-order valence-electron chi connectivity index (χ0n) is 12.0. The molecule has 1 aromatic heterocycles. The van der Waals surface area contributed by atoms with Gasteiger partial charge in [0.05, 0.1) is 0 Å². The zero-order chi connectivity index (χ0) is 13.9. The molecule has 3 rings (SSSR count). The van der Waals surface area contributed by atoms with E-state index in [1.807, 2.05) is 7.05 Å². The molecule has 5 heteroatoms. The van der Waals surface area contributed by atoms with E-state index in [0.29, 0.717) is 12.6 Å². The van der Waals surface area contributed by atoms with Crippen molar-refractivity contribution in [2.75, 3.05) is 0 Å². The van der Waals surface area contributed by atoms with Gasteiger partial charge in [0.2, 0.25) is 0 Å². The Kier molecular flexibility index (Phi) is 3.69. The van der Waals surface area contributed by atoms with Crippen LogP contribution in [-0.4, -0.2) is 20.8 Å². The minimum atomic E-state index is 0.442. The lowest BCUT2D eigenvalue weighted by atomic mass is 10.1. The number of nitrogens with one attached hydrogen (secondary N) is 1. The third-order valence-corrected chi connectivity index (χ3v) is 3.60. The minimum absolute atomic E-state index is 0.442. The average molecular weight is 272 g/mol. The van der Waals surface area contributed by atoms with Crippen LogP contribution in [0.3, 0.4) is 0 Å². The molecule has 2 aromatic rings. The summed E-state index contributed by atoms with van der Waals surface area (Å²) in [5, 5.41) is 7.59. The predicted molar refractivity (Wildman–Crippen MR) is 76.4 cm³/mol.